The summed E-state index contributed by atoms with van der Waals surface area (Å²) >= 11 is 0. The van der Waals surface area contributed by atoms with E-state index in [2.05, 4.69) is 48.3 Å². The number of nitrogens with one attached hydrogen (secondary N) is 3. The third-order valence-corrected chi connectivity index (χ3v) is 6.31. The molecule has 0 spiro atoms. The van der Waals surface area contributed by atoms with E-state index >= 15 is 0 Å². The molecule has 0 radical (unpaired) electrons. The first-order valence-corrected chi connectivity index (χ1v) is 11.7. The van der Waals surface area contributed by atoms with E-state index in [4.69, 9.17) is 4.98 Å². The van der Waals surface area contributed by atoms with Crippen molar-refractivity contribution in [3.63, 3.8) is 0 Å². The van der Waals surface area contributed by atoms with Crippen molar-refractivity contribution in [3.8, 4) is 11.3 Å². The normalized spacial score (nSPS) is 18.5. The Bertz CT molecular complexity index is 1130. The van der Waals surface area contributed by atoms with E-state index in [0.29, 0.717) is 24.4 Å². The summed E-state index contributed by atoms with van der Waals surface area (Å²) in [6.45, 7) is 12.4. The average molecular weight is 454 g/mol. The fourth-order valence-corrected chi connectivity index (χ4v) is 5.22. The first-order valence-electron chi connectivity index (χ1n) is 11.7. The van der Waals surface area contributed by atoms with Crippen LogP contribution in [-0.4, -0.2) is 42.8 Å². The summed E-state index contributed by atoms with van der Waals surface area (Å²) in [5.74, 6) is 0.321. The second kappa shape index (κ2) is 8.37. The number of aromatic nitrogens is 3. The van der Waals surface area contributed by atoms with Gasteiger partial charge in [0.25, 0.3) is 0 Å². The van der Waals surface area contributed by atoms with Gasteiger partial charge in [-0.15, -0.1) is 0 Å². The van der Waals surface area contributed by atoms with E-state index in [-0.39, 0.29) is 22.9 Å². The molecule has 0 atom stereocenters. The number of nitrogens with zero attached hydrogens (tertiary/aromatic N) is 2. The van der Waals surface area contributed by atoms with Crippen molar-refractivity contribution in [3.05, 3.63) is 42.0 Å². The van der Waals surface area contributed by atoms with Gasteiger partial charge in [-0.05, 0) is 91.0 Å². The molecule has 0 bridgehead atoms. The second-order valence-electron chi connectivity index (χ2n) is 11.4. The van der Waals surface area contributed by atoms with Crippen LogP contribution in [0.1, 0.15) is 66.4 Å². The topological polar surface area (TPSA) is 85.9 Å². The predicted octanol–water partition coefficient (Wildman–Crippen LogP) is 5.19. The van der Waals surface area contributed by atoms with Gasteiger partial charge < -0.3 is 20.7 Å². The van der Waals surface area contributed by atoms with Crippen LogP contribution in [0.4, 0.5) is 10.3 Å². The molecule has 0 saturated carbocycles. The number of H-pyrrole nitrogens is 1. The highest BCUT2D eigenvalue weighted by atomic mass is 19.1. The van der Waals surface area contributed by atoms with Gasteiger partial charge in [-0.1, -0.05) is 0 Å². The minimum Gasteiger partial charge on any atom is -0.390 e. The van der Waals surface area contributed by atoms with Gasteiger partial charge in [-0.3, -0.25) is 0 Å². The first-order chi connectivity index (χ1) is 15.3. The number of benzene rings is 1. The lowest BCUT2D eigenvalue weighted by molar-refractivity contribution is 0.0712. The van der Waals surface area contributed by atoms with Crippen molar-refractivity contribution in [1.82, 2.24) is 20.3 Å². The number of aryl methyl sites for hydroxylation is 1. The van der Waals surface area contributed by atoms with Crippen LogP contribution >= 0.6 is 0 Å². The third-order valence-electron chi connectivity index (χ3n) is 6.31. The van der Waals surface area contributed by atoms with Crippen LogP contribution < -0.4 is 10.6 Å². The van der Waals surface area contributed by atoms with Crippen LogP contribution in [0.2, 0.25) is 0 Å². The van der Waals surface area contributed by atoms with E-state index in [9.17, 15) is 9.50 Å². The number of aromatic amines is 1. The van der Waals surface area contributed by atoms with Gasteiger partial charge in [0.05, 0.1) is 11.3 Å². The minimum absolute atomic E-state index is 0.0222. The van der Waals surface area contributed by atoms with Crippen LogP contribution in [0, 0.1) is 5.82 Å². The van der Waals surface area contributed by atoms with Crippen LogP contribution in [0.25, 0.3) is 22.2 Å². The van der Waals surface area contributed by atoms with E-state index in [1.807, 2.05) is 18.3 Å². The number of hydrogen-bond donors (Lipinski definition) is 4. The molecule has 1 aromatic carbocycles. The highest BCUT2D eigenvalue weighted by Gasteiger charge is 2.37. The number of rotatable bonds is 6. The number of piperidine rings is 1. The molecular weight excluding hydrogens is 417 g/mol. The molecule has 6 nitrogen and oxygen atoms in total. The summed E-state index contributed by atoms with van der Waals surface area (Å²) in [6.07, 6.45) is 6.52. The number of aliphatic hydroxyl groups is 1. The molecule has 4 N–H and O–H groups in total. The lowest BCUT2D eigenvalue weighted by Crippen LogP contribution is -2.60. The van der Waals surface area contributed by atoms with Crippen molar-refractivity contribution in [1.29, 1.82) is 0 Å². The molecule has 2 aromatic heterocycles. The lowest BCUT2D eigenvalue weighted by Gasteiger charge is -2.46. The molecular formula is C26H36FN5O. The maximum Gasteiger partial charge on any atom is 0.223 e. The largest absolute Gasteiger partial charge is 0.390 e. The quantitative estimate of drug-likeness (QED) is 0.413. The van der Waals surface area contributed by atoms with Gasteiger partial charge in [0.2, 0.25) is 5.95 Å². The molecule has 0 amide bonds. The molecule has 1 aliphatic rings. The molecule has 33 heavy (non-hydrogen) atoms. The van der Waals surface area contributed by atoms with Crippen molar-refractivity contribution < 1.29 is 9.50 Å². The fourth-order valence-electron chi connectivity index (χ4n) is 5.22. The Hall–Kier alpha value is -2.51. The Balaban J connectivity index is 1.58. The maximum atomic E-state index is 14.9. The molecule has 178 valence electrons. The van der Waals surface area contributed by atoms with Gasteiger partial charge in [0.15, 0.2) is 0 Å². The standard InChI is InChI=1S/C26H36FN5O/c1-24(2)13-17(14-25(3,4)32-24)30-23-28-10-8-21(31-23)19-15-29-22-11-16(7-9-26(5,6)33)20(27)12-18(19)22/h8,10-12,15,17,29,32-33H,7,9,13-14H2,1-6H3,(H,28,30,31). The molecule has 0 aliphatic carbocycles. The SMILES string of the molecule is CC(C)(O)CCc1cc2[nH]cc(-c3ccnc(NC4CC(C)(C)NC(C)(C)C4)n3)c2cc1F. The molecule has 1 aliphatic heterocycles. The second-order valence-corrected chi connectivity index (χ2v) is 11.4. The van der Waals surface area contributed by atoms with Crippen molar-refractivity contribution >= 4 is 16.9 Å². The van der Waals surface area contributed by atoms with Gasteiger partial charge in [-0.25, -0.2) is 14.4 Å². The molecule has 3 aromatic rings. The summed E-state index contributed by atoms with van der Waals surface area (Å²) in [6, 6.07) is 5.50. The van der Waals surface area contributed by atoms with Crippen molar-refractivity contribution in [2.45, 2.75) is 89.9 Å². The Kier molecular flexibility index (Phi) is 5.99. The molecule has 1 fully saturated rings. The molecule has 1 saturated heterocycles. The molecule has 3 heterocycles. The molecule has 4 rings (SSSR count). The zero-order valence-corrected chi connectivity index (χ0v) is 20.5. The zero-order chi connectivity index (χ0) is 24.0. The molecule has 0 unspecified atom stereocenters. The van der Waals surface area contributed by atoms with E-state index in [1.54, 1.807) is 26.1 Å². The van der Waals surface area contributed by atoms with Crippen LogP contribution in [0.3, 0.4) is 0 Å². The van der Waals surface area contributed by atoms with Crippen molar-refractivity contribution in [2.75, 3.05) is 5.32 Å². The monoisotopic (exact) mass is 453 g/mol. The van der Waals surface area contributed by atoms with Crippen LogP contribution in [0.5, 0.6) is 0 Å². The predicted molar refractivity (Wildman–Crippen MR) is 132 cm³/mol. The summed E-state index contributed by atoms with van der Waals surface area (Å²) < 4.78 is 14.9. The van der Waals surface area contributed by atoms with Gasteiger partial charge >= 0.3 is 0 Å². The smallest absolute Gasteiger partial charge is 0.223 e. The van der Waals surface area contributed by atoms with Gasteiger partial charge in [-0.2, -0.15) is 0 Å². The first kappa shape index (κ1) is 23.6. The van der Waals surface area contributed by atoms with Crippen LogP contribution in [-0.2, 0) is 6.42 Å². The number of fused-ring (bicyclic) bond motifs is 1. The highest BCUT2D eigenvalue weighted by molar-refractivity contribution is 5.95. The Morgan fingerprint density at radius 3 is 2.55 bits per heavy atom. The third kappa shape index (κ3) is 5.71. The van der Waals surface area contributed by atoms with E-state index < -0.39 is 5.60 Å². The highest BCUT2D eigenvalue weighted by Crippen LogP contribution is 2.32. The average Bonchev–Trinajstić information content (AvgIpc) is 3.05. The number of anilines is 1. The maximum absolute atomic E-state index is 14.9. The zero-order valence-electron chi connectivity index (χ0n) is 20.5. The Morgan fingerprint density at radius 2 is 1.88 bits per heavy atom. The van der Waals surface area contributed by atoms with Gasteiger partial charge in [0, 0.05) is 46.0 Å². The Labute approximate surface area is 195 Å². The minimum atomic E-state index is -0.828. The summed E-state index contributed by atoms with van der Waals surface area (Å²) in [4.78, 5) is 12.5. The number of hydrogen-bond acceptors (Lipinski definition) is 5. The van der Waals surface area contributed by atoms with E-state index in [1.165, 1.54) is 0 Å². The van der Waals surface area contributed by atoms with Gasteiger partial charge in [0.1, 0.15) is 5.82 Å². The summed E-state index contributed by atoms with van der Waals surface area (Å²) in [7, 11) is 0. The van der Waals surface area contributed by atoms with Crippen LogP contribution in [0.15, 0.2) is 30.6 Å². The number of halogens is 1. The Morgan fingerprint density at radius 1 is 1.18 bits per heavy atom. The summed E-state index contributed by atoms with van der Waals surface area (Å²) in [5.41, 5.74) is 2.25. The van der Waals surface area contributed by atoms with E-state index in [0.717, 1.165) is 35.0 Å². The fraction of sp³-hybridized carbons (Fsp3) is 0.538. The van der Waals surface area contributed by atoms with Crippen molar-refractivity contribution in [2.24, 2.45) is 0 Å². The molecule has 7 heteroatoms. The lowest BCUT2D eigenvalue weighted by atomic mass is 9.80. The summed E-state index contributed by atoms with van der Waals surface area (Å²) in [5, 5.41) is 18.0.